The number of carbonyl (C=O) groups excluding carboxylic acids is 1. The summed E-state index contributed by atoms with van der Waals surface area (Å²) in [6.07, 6.45) is 4.85. The molecule has 10 fully saturated rings. The number of hydrogen-bond donors (Lipinski definition) is 2. The lowest BCUT2D eigenvalue weighted by molar-refractivity contribution is -0.292. The zero-order chi connectivity index (χ0) is 35.9. The van der Waals surface area contributed by atoms with Gasteiger partial charge in [-0.05, 0) is 62.0 Å². The number of carbonyl (C=O) groups is 1. The molecule has 12 nitrogen and oxygen atoms in total. The molecular weight excluding hydrogens is 670 g/mol. The Labute approximate surface area is 307 Å². The number of ketones is 1. The molecule has 10 rings (SSSR count). The summed E-state index contributed by atoms with van der Waals surface area (Å²) in [6, 6.07) is 0. The molecule has 0 amide bonds. The molecule has 0 radical (unpaired) electrons. The average molecular weight is 730 g/mol. The van der Waals surface area contributed by atoms with Gasteiger partial charge in [0, 0.05) is 58.1 Å². The molecule has 3 N–H and O–H groups in total. The normalized spacial score (nSPS) is 52.4. The fourth-order valence-corrected chi connectivity index (χ4v) is 11.3. The maximum Gasteiger partial charge on any atom is 0.172 e. The lowest BCUT2D eigenvalue weighted by Crippen LogP contribution is -2.61. The zero-order valence-corrected chi connectivity index (χ0v) is 30.8. The molecule has 10 heterocycles. The van der Waals surface area contributed by atoms with Crippen LogP contribution in [0.2, 0.25) is 0 Å². The largest absolute Gasteiger partial charge is 0.392 e. The fraction of sp³-hybridized carbons (Fsp3) is 0.875. The Hall–Kier alpha value is -1.29. The third kappa shape index (κ3) is 6.59. The van der Waals surface area contributed by atoms with E-state index in [9.17, 15) is 9.90 Å². The Kier molecular flexibility index (Phi) is 10.0. The van der Waals surface area contributed by atoms with Crippen LogP contribution in [0.15, 0.2) is 24.3 Å². The van der Waals surface area contributed by atoms with Crippen LogP contribution in [0.4, 0.5) is 0 Å². The number of methoxy groups -OCH3 is 1. The topological polar surface area (TPSA) is 146 Å². The lowest BCUT2D eigenvalue weighted by Gasteiger charge is -2.47. The van der Waals surface area contributed by atoms with E-state index in [-0.39, 0.29) is 122 Å². The Morgan fingerprint density at radius 3 is 2.38 bits per heavy atom. The van der Waals surface area contributed by atoms with Gasteiger partial charge < -0.3 is 53.5 Å². The standard InChI is InChI=1S/C40H59NO11/c1-19-11-24-5-7-28-20(2)12-26(45-28)9-10-40-17-33-36(51-40)37-38(50-33)39(52-40)35-29(49-37)8-6-25(47-35)13-22(42)14-27-31(16-30(46-24)21(19)3)48-32(34(27)44-4)15-23(43)18-41/h19,23-39,43H,2-3,5-18,41H2,1,4H3/t19-,23+,24+,25-,26+,27+,28?,29+,30?,31+,32-,33?,34-,35+,36+,37+,38-,39?,40+/m1/s1. The van der Waals surface area contributed by atoms with Crippen molar-refractivity contribution in [2.45, 2.75) is 194 Å². The van der Waals surface area contributed by atoms with Gasteiger partial charge in [-0.1, -0.05) is 20.1 Å². The van der Waals surface area contributed by atoms with Gasteiger partial charge in [-0.15, -0.1) is 0 Å². The second kappa shape index (κ2) is 14.3. The van der Waals surface area contributed by atoms with Gasteiger partial charge in [0.15, 0.2) is 5.79 Å². The Morgan fingerprint density at radius 2 is 1.56 bits per heavy atom. The van der Waals surface area contributed by atoms with Gasteiger partial charge >= 0.3 is 0 Å². The molecule has 10 saturated heterocycles. The summed E-state index contributed by atoms with van der Waals surface area (Å²) < 4.78 is 60.0. The summed E-state index contributed by atoms with van der Waals surface area (Å²) >= 11 is 0. The number of ether oxygens (including phenoxy) is 9. The van der Waals surface area contributed by atoms with Gasteiger partial charge in [0.25, 0.3) is 0 Å². The highest BCUT2D eigenvalue weighted by Gasteiger charge is 2.68. The van der Waals surface area contributed by atoms with Crippen LogP contribution in [0.3, 0.4) is 0 Å². The van der Waals surface area contributed by atoms with Crippen LogP contribution >= 0.6 is 0 Å². The van der Waals surface area contributed by atoms with Crippen molar-refractivity contribution in [2.24, 2.45) is 17.6 Å². The van der Waals surface area contributed by atoms with Gasteiger partial charge in [0.2, 0.25) is 0 Å². The molecule has 4 unspecified atom stereocenters. The quantitative estimate of drug-likeness (QED) is 0.409. The minimum Gasteiger partial charge on any atom is -0.392 e. The second-order valence-electron chi connectivity index (χ2n) is 17.4. The van der Waals surface area contributed by atoms with E-state index in [1.807, 2.05) is 0 Å². The van der Waals surface area contributed by atoms with E-state index >= 15 is 0 Å². The maximum atomic E-state index is 14.1. The van der Waals surface area contributed by atoms with E-state index in [1.165, 1.54) is 0 Å². The van der Waals surface area contributed by atoms with Crippen molar-refractivity contribution >= 4 is 5.78 Å². The van der Waals surface area contributed by atoms with Crippen LogP contribution in [-0.2, 0) is 47.4 Å². The number of aliphatic hydroxyl groups excluding tert-OH is 1. The van der Waals surface area contributed by atoms with Crippen molar-refractivity contribution in [1.29, 1.82) is 0 Å². The minimum absolute atomic E-state index is 0.0158. The second-order valence-corrected chi connectivity index (χ2v) is 17.4. The zero-order valence-electron chi connectivity index (χ0n) is 30.8. The Balaban J connectivity index is 0.994. The summed E-state index contributed by atoms with van der Waals surface area (Å²) in [5.41, 5.74) is 8.01. The van der Waals surface area contributed by atoms with Gasteiger partial charge in [0.05, 0.1) is 67.1 Å². The van der Waals surface area contributed by atoms with Crippen LogP contribution in [0, 0.1) is 11.8 Å². The van der Waals surface area contributed by atoms with Gasteiger partial charge in [-0.3, -0.25) is 4.79 Å². The molecule has 12 bridgehead atoms. The summed E-state index contributed by atoms with van der Waals surface area (Å²) in [5.74, 6) is -0.619. The number of Topliss-reactive ketones (excluding diaryl/α,β-unsaturated/α-hetero) is 1. The van der Waals surface area contributed by atoms with Crippen LogP contribution in [-0.4, -0.2) is 128 Å². The summed E-state index contributed by atoms with van der Waals surface area (Å²) in [7, 11) is 1.66. The van der Waals surface area contributed by atoms with Crippen LogP contribution in [0.1, 0.15) is 90.4 Å². The van der Waals surface area contributed by atoms with Crippen molar-refractivity contribution in [3.8, 4) is 0 Å². The van der Waals surface area contributed by atoms with E-state index in [0.717, 1.165) is 56.1 Å². The summed E-state index contributed by atoms with van der Waals surface area (Å²) in [5, 5.41) is 10.5. The molecule has 52 heavy (non-hydrogen) atoms. The molecule has 0 aromatic heterocycles. The summed E-state index contributed by atoms with van der Waals surface area (Å²) in [4.78, 5) is 14.1. The SMILES string of the molecule is C=C1C[C@@H]2CC[C@@]34CC5O[C@H]6C(O3)[C@H]3O[C@H](CC[C@@H]3O[C@H]6[C@H]5O4)CC(=O)C[C@@H]3[C@@H](OC)[C@@H](C[C@H](O)CN)O[C@H]3CC3O[C@@H](CCC1O2)C[C@@H](C)C3=C. The van der Waals surface area contributed by atoms with Crippen LogP contribution < -0.4 is 5.73 Å². The number of hydrogen-bond acceptors (Lipinski definition) is 12. The fourth-order valence-electron chi connectivity index (χ4n) is 11.3. The highest BCUT2D eigenvalue weighted by Crippen LogP contribution is 2.54. The van der Waals surface area contributed by atoms with Gasteiger partial charge in [0.1, 0.15) is 36.3 Å². The lowest BCUT2D eigenvalue weighted by atomic mass is 9.81. The van der Waals surface area contributed by atoms with Crippen LogP contribution in [0.5, 0.6) is 0 Å². The van der Waals surface area contributed by atoms with E-state index in [1.54, 1.807) is 7.11 Å². The highest BCUT2D eigenvalue weighted by molar-refractivity contribution is 5.79. The first-order chi connectivity index (χ1) is 25.1. The van der Waals surface area contributed by atoms with Gasteiger partial charge in [-0.2, -0.15) is 0 Å². The molecule has 0 aliphatic carbocycles. The van der Waals surface area contributed by atoms with E-state index in [2.05, 4.69) is 20.1 Å². The molecule has 290 valence electrons. The molecule has 1 spiro atoms. The van der Waals surface area contributed by atoms with E-state index < -0.39 is 18.0 Å². The molecule has 10 aliphatic heterocycles. The predicted molar refractivity (Wildman–Crippen MR) is 186 cm³/mol. The molecule has 19 atom stereocenters. The van der Waals surface area contributed by atoms with Crippen LogP contribution in [0.25, 0.3) is 0 Å². The number of fused-ring (bicyclic) bond motifs is 6. The minimum atomic E-state index is -0.780. The Morgan fingerprint density at radius 1 is 0.808 bits per heavy atom. The van der Waals surface area contributed by atoms with E-state index in [4.69, 9.17) is 48.4 Å². The molecule has 0 saturated carbocycles. The maximum absolute atomic E-state index is 14.1. The average Bonchev–Trinajstić information content (AvgIpc) is 3.79. The van der Waals surface area contributed by atoms with E-state index in [0.29, 0.717) is 25.7 Å². The van der Waals surface area contributed by atoms with Gasteiger partial charge in [-0.25, -0.2) is 0 Å². The first-order valence-electron chi connectivity index (χ1n) is 20.2. The molecular formula is C40H59NO11. The highest BCUT2D eigenvalue weighted by atomic mass is 16.8. The molecule has 10 aliphatic rings. The van der Waals surface area contributed by atoms with Crippen molar-refractivity contribution in [2.75, 3.05) is 13.7 Å². The third-order valence-electron chi connectivity index (χ3n) is 14.0. The summed E-state index contributed by atoms with van der Waals surface area (Å²) in [6.45, 7) is 11.3. The molecule has 0 aromatic rings. The predicted octanol–water partition coefficient (Wildman–Crippen LogP) is 3.44. The van der Waals surface area contributed by atoms with Crippen molar-refractivity contribution < 1.29 is 52.5 Å². The smallest absolute Gasteiger partial charge is 0.172 e. The first-order valence-corrected chi connectivity index (χ1v) is 20.2. The third-order valence-corrected chi connectivity index (χ3v) is 14.0. The number of rotatable bonds is 4. The number of nitrogens with two attached hydrogens (primary N) is 1. The van der Waals surface area contributed by atoms with Crippen molar-refractivity contribution in [1.82, 2.24) is 0 Å². The van der Waals surface area contributed by atoms with Crippen molar-refractivity contribution in [3.63, 3.8) is 0 Å². The molecule has 12 heteroatoms. The first kappa shape index (κ1) is 36.4. The monoisotopic (exact) mass is 729 g/mol. The van der Waals surface area contributed by atoms with Crippen molar-refractivity contribution in [3.05, 3.63) is 24.3 Å². The Bertz CT molecular complexity index is 1380. The number of aliphatic hydroxyl groups is 1. The molecule has 0 aromatic carbocycles.